The number of hydrogen-bond donors (Lipinski definition) is 0. The van der Waals surface area contributed by atoms with Gasteiger partial charge in [0.2, 0.25) is 0 Å². The average molecular weight is 142 g/mol. The van der Waals surface area contributed by atoms with E-state index in [-0.39, 0.29) is 71.3 Å². The summed E-state index contributed by atoms with van der Waals surface area (Å²) in [5, 5.41) is 0. The Hall–Kier alpha value is 1.98. The molecule has 0 aromatic heterocycles. The summed E-state index contributed by atoms with van der Waals surface area (Å²) in [6.45, 7) is 0. The third kappa shape index (κ3) is 9.02. The van der Waals surface area contributed by atoms with Crippen molar-refractivity contribution in [2.24, 2.45) is 0 Å². The molecule has 0 saturated carbocycles. The first-order valence-electron chi connectivity index (χ1n) is 0. The number of rotatable bonds is 0. The first kappa shape index (κ1) is 37.9. The molecule has 0 nitrogen and oxygen atoms in total. The van der Waals surface area contributed by atoms with Gasteiger partial charge in [-0.25, -0.2) is 0 Å². The van der Waals surface area contributed by atoms with E-state index in [1.807, 2.05) is 0 Å². The van der Waals surface area contributed by atoms with Crippen molar-refractivity contribution in [3.63, 3.8) is 0 Å². The molecular formula is H7BClNaZn. The summed E-state index contributed by atoms with van der Waals surface area (Å²) in [6, 6.07) is 0. The Balaban J connectivity index is 0. The largest absolute Gasteiger partial charge is 0 e. The van der Waals surface area contributed by atoms with Crippen molar-refractivity contribution >= 4 is 50.4 Å². The minimum atomic E-state index is 0. The molecule has 0 aromatic rings. The molecule has 0 saturated heterocycles. The Bertz CT molecular complexity index is 11.6. The van der Waals surface area contributed by atoms with Crippen molar-refractivity contribution in [1.29, 1.82) is 0 Å². The molecule has 0 unspecified atom stereocenters. The van der Waals surface area contributed by atoms with Gasteiger partial charge in [0.25, 0.3) is 0 Å². The third-order valence-electron chi connectivity index (χ3n) is 0. The summed E-state index contributed by atoms with van der Waals surface area (Å²) in [5.41, 5.74) is 0. The predicted octanol–water partition coefficient (Wildman–Crippen LogP) is -1.17. The van der Waals surface area contributed by atoms with Crippen molar-refractivity contribution < 1.29 is 20.9 Å². The molecule has 4 heteroatoms. The zero-order chi connectivity index (χ0) is 0. The van der Waals surface area contributed by atoms with Gasteiger partial charge in [0.05, 0.1) is 8.41 Å². The molecule has 0 aliphatic rings. The monoisotopic (exact) mass is 140 g/mol. The summed E-state index contributed by atoms with van der Waals surface area (Å²) in [5.74, 6) is 0. The Morgan fingerprint density at radius 2 is 1.25 bits per heavy atom. The molecule has 4 heavy (non-hydrogen) atoms. The van der Waals surface area contributed by atoms with Gasteiger partial charge in [-0.1, -0.05) is 0 Å². The Kier molecular flexibility index (Phi) is 191. The van der Waals surface area contributed by atoms with Crippen LogP contribution in [0.1, 0.15) is 1.43 Å². The molecule has 0 N–H and O–H groups in total. The van der Waals surface area contributed by atoms with E-state index in [2.05, 4.69) is 0 Å². The average Bonchev–Trinajstić information content (AvgIpc) is 0. The van der Waals surface area contributed by atoms with Gasteiger partial charge in [-0.3, -0.25) is 0 Å². The fourth-order valence-corrected chi connectivity index (χ4v) is 0. The van der Waals surface area contributed by atoms with Crippen LogP contribution in [-0.2, 0) is 19.5 Å². The Morgan fingerprint density at radius 3 is 1.25 bits per heavy atom. The van der Waals surface area contributed by atoms with Crippen LogP contribution in [0.3, 0.4) is 0 Å². The van der Waals surface area contributed by atoms with Gasteiger partial charge in [0.15, 0.2) is 0 Å². The van der Waals surface area contributed by atoms with Crippen LogP contribution in [0.25, 0.3) is 0 Å². The fourth-order valence-electron chi connectivity index (χ4n) is 0. The molecule has 0 atom stereocenters. The standard InChI is InChI=1S/BH3.ClH.Na.Zn.H2.H/h1H3;1H;;;1H;. The van der Waals surface area contributed by atoms with E-state index in [1.165, 1.54) is 0 Å². The topological polar surface area (TPSA) is 0 Å². The molecule has 0 amide bonds. The van der Waals surface area contributed by atoms with E-state index in [9.17, 15) is 0 Å². The van der Waals surface area contributed by atoms with Crippen molar-refractivity contribution in [3.05, 3.63) is 0 Å². The van der Waals surface area contributed by atoms with E-state index in [1.54, 1.807) is 0 Å². The minimum Gasteiger partial charge on any atom is 0 e. The molecule has 0 bridgehead atoms. The molecule has 0 aliphatic heterocycles. The molecule has 0 heterocycles. The van der Waals surface area contributed by atoms with Crippen molar-refractivity contribution in [1.82, 2.24) is 0 Å². The van der Waals surface area contributed by atoms with E-state index in [4.69, 9.17) is 0 Å². The van der Waals surface area contributed by atoms with Crippen molar-refractivity contribution in [3.8, 4) is 0 Å². The van der Waals surface area contributed by atoms with Crippen LogP contribution >= 0.6 is 12.4 Å². The first-order chi connectivity index (χ1) is 0. The van der Waals surface area contributed by atoms with Gasteiger partial charge in [-0.05, 0) is 0 Å². The predicted molar refractivity (Wildman–Crippen MR) is 26.4 cm³/mol. The maximum absolute atomic E-state index is 0. The van der Waals surface area contributed by atoms with E-state index < -0.39 is 0 Å². The summed E-state index contributed by atoms with van der Waals surface area (Å²) in [7, 11) is 0. The van der Waals surface area contributed by atoms with Crippen LogP contribution in [0.4, 0.5) is 0 Å². The fraction of sp³-hybridized carbons (Fsp3) is 0. The third-order valence-corrected chi connectivity index (χ3v) is 0. The maximum atomic E-state index is 0. The molecule has 0 fully saturated rings. The normalized spacial score (nSPS) is 0. The van der Waals surface area contributed by atoms with E-state index in [0.29, 0.717) is 0 Å². The summed E-state index contributed by atoms with van der Waals surface area (Å²) < 4.78 is 0. The Labute approximate surface area is 70.6 Å². The summed E-state index contributed by atoms with van der Waals surface area (Å²) in [6.07, 6.45) is 0. The zero-order valence-electron chi connectivity index (χ0n) is 1.12. The van der Waals surface area contributed by atoms with Crippen LogP contribution in [0.2, 0.25) is 0 Å². The Morgan fingerprint density at radius 1 is 1.25 bits per heavy atom. The van der Waals surface area contributed by atoms with Crippen LogP contribution < -0.4 is 0 Å². The second kappa shape index (κ2) is 20.1. The molecule has 0 spiro atoms. The van der Waals surface area contributed by atoms with Gasteiger partial charge >= 0.3 is 29.6 Å². The van der Waals surface area contributed by atoms with Gasteiger partial charge in [0.1, 0.15) is 0 Å². The van der Waals surface area contributed by atoms with Crippen molar-refractivity contribution in [2.75, 3.05) is 0 Å². The van der Waals surface area contributed by atoms with Crippen LogP contribution in [0.5, 0.6) is 0 Å². The van der Waals surface area contributed by atoms with Gasteiger partial charge in [0, 0.05) is 20.9 Å². The zero-order valence-corrected chi connectivity index (χ0v) is 4.90. The first-order valence-corrected chi connectivity index (χ1v) is 0. The van der Waals surface area contributed by atoms with Gasteiger partial charge < -0.3 is 0 Å². The summed E-state index contributed by atoms with van der Waals surface area (Å²) in [4.78, 5) is 0. The number of hydrogen-bond acceptors (Lipinski definition) is 0. The molecular weight excluding hydrogens is 135 g/mol. The van der Waals surface area contributed by atoms with Crippen molar-refractivity contribution in [2.45, 2.75) is 0 Å². The SMILES string of the molecule is B.Cl.[HH].[NaH].[Zn]. The second-order valence-corrected chi connectivity index (χ2v) is 0. The second-order valence-electron chi connectivity index (χ2n) is 0. The van der Waals surface area contributed by atoms with Crippen LogP contribution in [-0.4, -0.2) is 38.0 Å². The van der Waals surface area contributed by atoms with E-state index >= 15 is 0 Å². The number of halogens is 1. The smallest absolute Gasteiger partial charge is 0 e. The quantitative estimate of drug-likeness (QED) is 0.373. The van der Waals surface area contributed by atoms with Crippen LogP contribution in [0, 0.1) is 0 Å². The van der Waals surface area contributed by atoms with Gasteiger partial charge in [-0.2, -0.15) is 0 Å². The molecule has 0 aliphatic carbocycles. The maximum Gasteiger partial charge on any atom is 0 e. The summed E-state index contributed by atoms with van der Waals surface area (Å²) >= 11 is 0. The van der Waals surface area contributed by atoms with Crippen LogP contribution in [0.15, 0.2) is 0 Å². The molecule has 0 aromatic carbocycles. The van der Waals surface area contributed by atoms with E-state index in [0.717, 1.165) is 0 Å². The molecule has 0 rings (SSSR count). The molecule has 20 valence electrons. The van der Waals surface area contributed by atoms with Gasteiger partial charge in [-0.15, -0.1) is 12.4 Å². The minimum absolute atomic E-state index is 0. The molecule has 0 radical (unpaired) electrons.